The molecule has 1 N–H and O–H groups in total. The molecule has 3 aromatic rings. The smallest absolute Gasteiger partial charge is 0.200 e. The fraction of sp³-hybridized carbons (Fsp3) is 0.158. The van der Waals surface area contributed by atoms with Crippen LogP contribution in [-0.4, -0.2) is 18.5 Å². The van der Waals surface area contributed by atoms with E-state index in [1.807, 2.05) is 31.2 Å². The number of methoxy groups -OCH3 is 1. The quantitative estimate of drug-likeness (QED) is 0.745. The number of aryl methyl sites for hydroxylation is 2. The fourth-order valence-corrected chi connectivity index (χ4v) is 2.75. The summed E-state index contributed by atoms with van der Waals surface area (Å²) in [6.45, 7) is 3.62. The van der Waals surface area contributed by atoms with Crippen molar-refractivity contribution in [3.8, 4) is 22.6 Å². The maximum Gasteiger partial charge on any atom is 0.200 e. The molecule has 0 amide bonds. The second-order valence-corrected chi connectivity index (χ2v) is 5.56. The first kappa shape index (κ1) is 15.8. The lowest BCUT2D eigenvalue weighted by Gasteiger charge is -2.11. The van der Waals surface area contributed by atoms with Gasteiger partial charge in [0, 0.05) is 0 Å². The van der Waals surface area contributed by atoms with Gasteiger partial charge in [-0.25, -0.2) is 0 Å². The van der Waals surface area contributed by atoms with E-state index in [2.05, 4.69) is 0 Å². The molecule has 1 heterocycles. The van der Waals surface area contributed by atoms with Gasteiger partial charge in [0.25, 0.3) is 0 Å². The Labute approximate surface area is 138 Å². The molecule has 1 aromatic heterocycles. The SMILES string of the molecule is COc1cc2c(=O)c(-c3ccc(C)cc3)c(C)oc2c(C=O)c1O. The molecule has 5 nitrogen and oxygen atoms in total. The second kappa shape index (κ2) is 5.85. The Bertz CT molecular complexity index is 997. The minimum Gasteiger partial charge on any atom is -0.504 e. The lowest BCUT2D eigenvalue weighted by Crippen LogP contribution is -2.09. The molecule has 5 heteroatoms. The molecule has 0 saturated heterocycles. The Morgan fingerprint density at radius 2 is 1.83 bits per heavy atom. The van der Waals surface area contributed by atoms with Gasteiger partial charge in [-0.2, -0.15) is 0 Å². The van der Waals surface area contributed by atoms with Crippen LogP contribution in [0.2, 0.25) is 0 Å². The highest BCUT2D eigenvalue weighted by Crippen LogP contribution is 2.36. The van der Waals surface area contributed by atoms with Crippen LogP contribution in [0.25, 0.3) is 22.1 Å². The van der Waals surface area contributed by atoms with Crippen LogP contribution in [0.3, 0.4) is 0 Å². The maximum absolute atomic E-state index is 13.0. The van der Waals surface area contributed by atoms with Crippen molar-refractivity contribution in [2.75, 3.05) is 7.11 Å². The largest absolute Gasteiger partial charge is 0.504 e. The lowest BCUT2D eigenvalue weighted by atomic mass is 10.00. The molecular formula is C19H16O5. The fourth-order valence-electron chi connectivity index (χ4n) is 2.75. The summed E-state index contributed by atoms with van der Waals surface area (Å²) in [5.41, 5.74) is 1.91. The summed E-state index contributed by atoms with van der Waals surface area (Å²) in [6, 6.07) is 8.90. The number of hydrogen-bond acceptors (Lipinski definition) is 5. The Morgan fingerprint density at radius 1 is 1.17 bits per heavy atom. The van der Waals surface area contributed by atoms with E-state index >= 15 is 0 Å². The van der Waals surface area contributed by atoms with Crippen molar-refractivity contribution in [2.45, 2.75) is 13.8 Å². The first-order valence-electron chi connectivity index (χ1n) is 7.37. The number of carbonyl (C=O) groups is 1. The van der Waals surface area contributed by atoms with Crippen LogP contribution in [0.1, 0.15) is 21.7 Å². The van der Waals surface area contributed by atoms with Crippen LogP contribution in [0.4, 0.5) is 0 Å². The van der Waals surface area contributed by atoms with Gasteiger partial charge in [0.2, 0.25) is 5.43 Å². The van der Waals surface area contributed by atoms with Gasteiger partial charge in [0.05, 0.1) is 18.1 Å². The minimum absolute atomic E-state index is 0.0515. The summed E-state index contributed by atoms with van der Waals surface area (Å²) in [7, 11) is 1.35. The zero-order valence-electron chi connectivity index (χ0n) is 13.5. The van der Waals surface area contributed by atoms with E-state index < -0.39 is 0 Å². The zero-order chi connectivity index (χ0) is 17.4. The first-order chi connectivity index (χ1) is 11.5. The predicted molar refractivity (Wildman–Crippen MR) is 91.0 cm³/mol. The number of phenolic OH excluding ortho intramolecular Hbond substituents is 1. The van der Waals surface area contributed by atoms with Crippen molar-refractivity contribution >= 4 is 17.3 Å². The van der Waals surface area contributed by atoms with Crippen molar-refractivity contribution in [1.29, 1.82) is 0 Å². The highest BCUT2D eigenvalue weighted by Gasteiger charge is 2.20. The molecule has 122 valence electrons. The number of rotatable bonds is 3. The van der Waals surface area contributed by atoms with E-state index in [0.29, 0.717) is 17.6 Å². The second-order valence-electron chi connectivity index (χ2n) is 5.56. The predicted octanol–water partition coefficient (Wildman–Crippen LogP) is 3.60. The molecule has 0 aliphatic heterocycles. The normalized spacial score (nSPS) is 10.8. The molecular weight excluding hydrogens is 308 g/mol. The molecule has 24 heavy (non-hydrogen) atoms. The minimum atomic E-state index is -0.342. The molecule has 0 aliphatic rings. The van der Waals surface area contributed by atoms with Crippen LogP contribution >= 0.6 is 0 Å². The van der Waals surface area contributed by atoms with Gasteiger partial charge < -0.3 is 14.3 Å². The van der Waals surface area contributed by atoms with Crippen molar-refractivity contribution in [3.63, 3.8) is 0 Å². The Morgan fingerprint density at radius 3 is 2.42 bits per heavy atom. The van der Waals surface area contributed by atoms with Gasteiger partial charge >= 0.3 is 0 Å². The van der Waals surface area contributed by atoms with E-state index in [0.717, 1.165) is 11.1 Å². The third-order valence-electron chi connectivity index (χ3n) is 4.01. The molecule has 0 atom stereocenters. The average molecular weight is 324 g/mol. The summed E-state index contributed by atoms with van der Waals surface area (Å²) < 4.78 is 10.8. The van der Waals surface area contributed by atoms with Gasteiger partial charge in [0.1, 0.15) is 11.3 Å². The molecule has 3 rings (SSSR count). The van der Waals surface area contributed by atoms with E-state index in [-0.39, 0.29) is 33.5 Å². The molecule has 0 unspecified atom stereocenters. The summed E-state index contributed by atoms with van der Waals surface area (Å²) in [5.74, 6) is 0.0882. The van der Waals surface area contributed by atoms with Crippen molar-refractivity contribution < 1.29 is 19.1 Å². The number of aromatic hydroxyl groups is 1. The van der Waals surface area contributed by atoms with Crippen LogP contribution in [0.5, 0.6) is 11.5 Å². The average Bonchev–Trinajstić information content (AvgIpc) is 2.56. The molecule has 0 spiro atoms. The summed E-state index contributed by atoms with van der Waals surface area (Å²) >= 11 is 0. The van der Waals surface area contributed by atoms with Crippen LogP contribution < -0.4 is 10.2 Å². The van der Waals surface area contributed by atoms with Gasteiger partial charge in [-0.05, 0) is 25.5 Å². The molecule has 0 fully saturated rings. The molecule has 0 radical (unpaired) electrons. The number of fused-ring (bicyclic) bond motifs is 1. The maximum atomic E-state index is 13.0. The number of phenols is 1. The summed E-state index contributed by atoms with van der Waals surface area (Å²) in [6.07, 6.45) is 0.452. The van der Waals surface area contributed by atoms with Crippen LogP contribution in [0, 0.1) is 13.8 Å². The van der Waals surface area contributed by atoms with Gasteiger partial charge in [-0.3, -0.25) is 9.59 Å². The number of ether oxygens (including phenoxy) is 1. The standard InChI is InChI=1S/C19H16O5/c1-10-4-6-12(7-5-10)16-11(2)24-19-13(18(16)22)8-15(23-3)17(21)14(19)9-20/h4-9,21H,1-3H3. The topological polar surface area (TPSA) is 76.7 Å². The van der Waals surface area contributed by atoms with Gasteiger partial charge in [0.15, 0.2) is 23.4 Å². The Balaban J connectivity index is 2.43. The van der Waals surface area contributed by atoms with E-state index in [1.165, 1.54) is 13.2 Å². The van der Waals surface area contributed by atoms with Gasteiger partial charge in [-0.1, -0.05) is 29.8 Å². The Kier molecular flexibility index (Phi) is 3.85. The highest BCUT2D eigenvalue weighted by atomic mass is 16.5. The van der Waals surface area contributed by atoms with Crippen LogP contribution in [-0.2, 0) is 0 Å². The molecule has 0 bridgehead atoms. The van der Waals surface area contributed by atoms with Crippen LogP contribution in [0.15, 0.2) is 39.5 Å². The summed E-state index contributed by atoms with van der Waals surface area (Å²) in [5, 5.41) is 10.3. The van der Waals surface area contributed by atoms with E-state index in [1.54, 1.807) is 6.92 Å². The number of aldehydes is 1. The van der Waals surface area contributed by atoms with E-state index in [9.17, 15) is 14.7 Å². The van der Waals surface area contributed by atoms with Gasteiger partial charge in [-0.15, -0.1) is 0 Å². The molecule has 0 saturated carbocycles. The number of carbonyl (C=O) groups excluding carboxylic acids is 1. The lowest BCUT2D eigenvalue weighted by molar-refractivity contribution is 0.112. The van der Waals surface area contributed by atoms with Crippen molar-refractivity contribution in [3.05, 3.63) is 57.4 Å². The summed E-state index contributed by atoms with van der Waals surface area (Å²) in [4.78, 5) is 24.3. The third kappa shape index (κ3) is 2.34. The Hall–Kier alpha value is -3.08. The third-order valence-corrected chi connectivity index (χ3v) is 4.01. The van der Waals surface area contributed by atoms with Crippen molar-refractivity contribution in [2.24, 2.45) is 0 Å². The monoisotopic (exact) mass is 324 g/mol. The zero-order valence-corrected chi connectivity index (χ0v) is 13.5. The molecule has 2 aromatic carbocycles. The van der Waals surface area contributed by atoms with Crippen molar-refractivity contribution in [1.82, 2.24) is 0 Å². The van der Waals surface area contributed by atoms with E-state index in [4.69, 9.17) is 9.15 Å². The molecule has 0 aliphatic carbocycles. The number of benzene rings is 2. The number of hydrogen-bond donors (Lipinski definition) is 1. The highest BCUT2D eigenvalue weighted by molar-refractivity contribution is 6.00. The first-order valence-corrected chi connectivity index (χ1v) is 7.37.